The number of ether oxygens (including phenoxy) is 8. The van der Waals surface area contributed by atoms with Crippen LogP contribution in [0.25, 0.3) is 12.2 Å². The van der Waals surface area contributed by atoms with E-state index in [1.54, 1.807) is 77.9 Å². The van der Waals surface area contributed by atoms with Crippen molar-refractivity contribution in [3.63, 3.8) is 0 Å². The molecule has 0 aliphatic rings. The van der Waals surface area contributed by atoms with Crippen molar-refractivity contribution in [3.05, 3.63) is 131 Å². The molecule has 0 heterocycles. The molecule has 2 unspecified atom stereocenters. The Kier molecular flexibility index (Phi) is 22.8. The van der Waals surface area contributed by atoms with Crippen LogP contribution in [0.5, 0.6) is 23.0 Å². The summed E-state index contributed by atoms with van der Waals surface area (Å²) < 4.78 is 46.4. The van der Waals surface area contributed by atoms with E-state index in [0.717, 1.165) is 17.2 Å². The normalized spacial score (nSPS) is 12.4. The first-order chi connectivity index (χ1) is 34.2. The highest BCUT2D eigenvalue weighted by Crippen LogP contribution is 2.28. The lowest BCUT2D eigenvalue weighted by atomic mass is 10.1. The lowest BCUT2D eigenvalue weighted by Gasteiger charge is -2.25. The van der Waals surface area contributed by atoms with Gasteiger partial charge in [-0.15, -0.1) is 0 Å². The quantitative estimate of drug-likeness (QED) is 0.0244. The number of rotatable bonds is 29. The number of benzene rings is 4. The number of amides is 2. The molecule has 0 aliphatic heterocycles. The van der Waals surface area contributed by atoms with E-state index in [1.165, 1.54) is 18.2 Å². The third-order valence-electron chi connectivity index (χ3n) is 9.43. The van der Waals surface area contributed by atoms with Crippen LogP contribution in [-0.4, -0.2) is 109 Å². The van der Waals surface area contributed by atoms with Gasteiger partial charge >= 0.3 is 23.9 Å². The van der Waals surface area contributed by atoms with Crippen molar-refractivity contribution in [3.8, 4) is 23.0 Å². The number of carbonyl (C=O) groups excluding carboxylic acids is 4. The molecule has 4 rings (SSSR count). The largest absolute Gasteiger partial charge is 0.490 e. The molecule has 0 saturated carbocycles. The van der Waals surface area contributed by atoms with Crippen molar-refractivity contribution >= 4 is 47.8 Å². The van der Waals surface area contributed by atoms with E-state index in [9.17, 15) is 33.9 Å². The SMILES string of the molecule is CC(C)(C)OC(=O)CC(NC(=O)/C=C/c1ccc(OCc2ccccc2)cc1OCCOCCOCCOc1cc(OCc2ccccc2)ccc1/C=C/C(=O)NC(CC(=O)O)C(=O)O)C(=O)OC(C)(C)C. The van der Waals surface area contributed by atoms with Crippen molar-refractivity contribution in [2.24, 2.45) is 0 Å². The molecule has 0 aliphatic carbocycles. The van der Waals surface area contributed by atoms with Gasteiger partial charge < -0.3 is 58.7 Å². The molecule has 4 aromatic carbocycles. The van der Waals surface area contributed by atoms with E-state index >= 15 is 0 Å². The Hall–Kier alpha value is -7.70. The molecule has 2 amide bonds. The van der Waals surface area contributed by atoms with Gasteiger partial charge in [-0.1, -0.05) is 60.7 Å². The van der Waals surface area contributed by atoms with Gasteiger partial charge in [0.15, 0.2) is 0 Å². The Morgan fingerprint density at radius 1 is 0.528 bits per heavy atom. The molecule has 0 fully saturated rings. The van der Waals surface area contributed by atoms with E-state index in [0.29, 0.717) is 40.7 Å². The molecule has 0 aromatic heterocycles. The summed E-state index contributed by atoms with van der Waals surface area (Å²) in [6.07, 6.45) is 3.99. The molecular formula is C54H64N2O16. The highest BCUT2D eigenvalue weighted by atomic mass is 16.6. The molecule has 4 N–H and O–H groups in total. The minimum absolute atomic E-state index is 0.0976. The van der Waals surface area contributed by atoms with Gasteiger partial charge in [0.1, 0.15) is 72.7 Å². The van der Waals surface area contributed by atoms with E-state index in [4.69, 9.17) is 43.0 Å². The standard InChI is InChI=1S/C54H64N2O16/c1-53(2,3)71-50(61)34-44(52(64)72-54(4,5)6)56-48(58)24-20-40-18-22-42(70-36-38-15-11-8-12-16-38)32-46(40)68-30-28-66-26-25-65-27-29-67-45-31-41(69-35-37-13-9-7-10-14-37)21-17-39(45)19-23-47(57)55-43(51(62)63)33-49(59)60/h7-24,31-32,43-44H,25-30,33-36H2,1-6H3,(H,55,57)(H,56,58)(H,59,60)(H,62,63)/b23-19+,24-20+. The zero-order valence-electron chi connectivity index (χ0n) is 41.4. The fourth-order valence-electron chi connectivity index (χ4n) is 6.22. The van der Waals surface area contributed by atoms with Crippen molar-refractivity contribution in [1.29, 1.82) is 0 Å². The second kappa shape index (κ2) is 28.8. The summed E-state index contributed by atoms with van der Waals surface area (Å²) in [6.45, 7) is 11.7. The van der Waals surface area contributed by atoms with Gasteiger partial charge in [-0.25, -0.2) is 9.59 Å². The first kappa shape index (κ1) is 56.9. The van der Waals surface area contributed by atoms with Crippen LogP contribution in [0.2, 0.25) is 0 Å². The summed E-state index contributed by atoms with van der Waals surface area (Å²) in [4.78, 5) is 73.9. The fourth-order valence-corrected chi connectivity index (χ4v) is 6.22. The van der Waals surface area contributed by atoms with Crippen molar-refractivity contribution < 1.29 is 76.9 Å². The number of carboxylic acid groups (broad SMARTS) is 2. The van der Waals surface area contributed by atoms with Crippen molar-refractivity contribution in [2.75, 3.05) is 39.6 Å². The molecule has 0 saturated heterocycles. The van der Waals surface area contributed by atoms with Crippen molar-refractivity contribution in [2.45, 2.75) is 90.9 Å². The van der Waals surface area contributed by atoms with E-state index in [1.807, 2.05) is 60.7 Å². The smallest absolute Gasteiger partial charge is 0.329 e. The summed E-state index contributed by atoms with van der Waals surface area (Å²) >= 11 is 0. The van der Waals surface area contributed by atoms with Crippen LogP contribution in [0.4, 0.5) is 0 Å². The average molecular weight is 997 g/mol. The molecule has 72 heavy (non-hydrogen) atoms. The van der Waals surface area contributed by atoms with Crippen LogP contribution in [0, 0.1) is 0 Å². The summed E-state index contributed by atoms with van der Waals surface area (Å²) in [6, 6.07) is 26.3. The summed E-state index contributed by atoms with van der Waals surface area (Å²) in [5.41, 5.74) is 1.20. The fraction of sp³-hybridized carbons (Fsp3) is 0.370. The topological polar surface area (TPSA) is 241 Å². The second-order valence-electron chi connectivity index (χ2n) is 17.9. The molecule has 0 bridgehead atoms. The molecule has 18 heteroatoms. The maximum atomic E-state index is 13.2. The number of esters is 2. The van der Waals surface area contributed by atoms with Gasteiger partial charge in [0.25, 0.3) is 0 Å². The van der Waals surface area contributed by atoms with Gasteiger partial charge in [0.2, 0.25) is 11.8 Å². The van der Waals surface area contributed by atoms with Gasteiger partial charge in [-0.05, 0) is 89.1 Å². The minimum Gasteiger partial charge on any atom is -0.490 e. The zero-order chi connectivity index (χ0) is 52.5. The Balaban J connectivity index is 1.33. The van der Waals surface area contributed by atoms with E-state index < -0.39 is 71.8 Å². The van der Waals surface area contributed by atoms with E-state index in [2.05, 4.69) is 10.6 Å². The van der Waals surface area contributed by atoms with Gasteiger partial charge in [-0.2, -0.15) is 0 Å². The predicted molar refractivity (Wildman–Crippen MR) is 265 cm³/mol. The number of hydrogen-bond donors (Lipinski definition) is 4. The van der Waals surface area contributed by atoms with Gasteiger partial charge in [0, 0.05) is 35.4 Å². The first-order valence-corrected chi connectivity index (χ1v) is 23.1. The molecule has 386 valence electrons. The van der Waals surface area contributed by atoms with Crippen LogP contribution in [0.15, 0.2) is 109 Å². The number of carboxylic acids is 2. The number of aliphatic carboxylic acids is 2. The highest BCUT2D eigenvalue weighted by molar-refractivity contribution is 5.96. The summed E-state index contributed by atoms with van der Waals surface area (Å²) in [7, 11) is 0. The maximum absolute atomic E-state index is 13.2. The van der Waals surface area contributed by atoms with Crippen LogP contribution in [0.3, 0.4) is 0 Å². The Labute approximate surface area is 419 Å². The maximum Gasteiger partial charge on any atom is 0.329 e. The molecule has 0 radical (unpaired) electrons. The Morgan fingerprint density at radius 2 is 0.958 bits per heavy atom. The molecular weight excluding hydrogens is 933 g/mol. The first-order valence-electron chi connectivity index (χ1n) is 23.1. The lowest BCUT2D eigenvalue weighted by molar-refractivity contribution is -0.165. The second-order valence-corrected chi connectivity index (χ2v) is 17.9. The van der Waals surface area contributed by atoms with E-state index in [-0.39, 0.29) is 46.2 Å². The van der Waals surface area contributed by atoms with Gasteiger partial charge in [-0.3, -0.25) is 19.2 Å². The molecule has 2 atom stereocenters. The zero-order valence-corrected chi connectivity index (χ0v) is 41.4. The Morgan fingerprint density at radius 3 is 1.38 bits per heavy atom. The lowest BCUT2D eigenvalue weighted by Crippen LogP contribution is -2.45. The highest BCUT2D eigenvalue weighted by Gasteiger charge is 2.30. The Bertz CT molecular complexity index is 2460. The summed E-state index contributed by atoms with van der Waals surface area (Å²) in [5.74, 6) is -4.08. The number of carbonyl (C=O) groups is 6. The van der Waals surface area contributed by atoms with Gasteiger partial charge in [0.05, 0.1) is 39.3 Å². The average Bonchev–Trinajstić information content (AvgIpc) is 3.31. The molecule has 4 aromatic rings. The van der Waals surface area contributed by atoms with Crippen LogP contribution < -0.4 is 29.6 Å². The van der Waals surface area contributed by atoms with Crippen LogP contribution in [-0.2, 0) is 60.9 Å². The summed E-state index contributed by atoms with van der Waals surface area (Å²) in [5, 5.41) is 23.0. The van der Waals surface area contributed by atoms with Crippen molar-refractivity contribution in [1.82, 2.24) is 10.6 Å². The molecule has 18 nitrogen and oxygen atoms in total. The van der Waals surface area contributed by atoms with Crippen LogP contribution in [0.1, 0.15) is 76.6 Å². The third-order valence-corrected chi connectivity index (χ3v) is 9.43. The molecule has 0 spiro atoms. The number of nitrogens with one attached hydrogen (secondary N) is 2. The van der Waals surface area contributed by atoms with Crippen LogP contribution >= 0.6 is 0 Å². The monoisotopic (exact) mass is 996 g/mol. The predicted octanol–water partition coefficient (Wildman–Crippen LogP) is 6.96. The number of hydrogen-bond acceptors (Lipinski definition) is 14. The third kappa shape index (κ3) is 22.8. The minimum atomic E-state index is -1.61.